The van der Waals surface area contributed by atoms with E-state index in [1.807, 2.05) is 24.3 Å². The molecule has 0 aliphatic carbocycles. The lowest BCUT2D eigenvalue weighted by atomic mass is 10.1. The number of carbonyl (C=O) groups is 1. The lowest BCUT2D eigenvalue weighted by molar-refractivity contribution is 0.101. The van der Waals surface area contributed by atoms with Gasteiger partial charge >= 0.3 is 0 Å². The molecule has 116 valence electrons. The lowest BCUT2D eigenvalue weighted by Gasteiger charge is -2.12. The molecule has 0 aliphatic heterocycles. The van der Waals surface area contributed by atoms with Crippen molar-refractivity contribution >= 4 is 29.1 Å². The maximum atomic E-state index is 11.2. The van der Waals surface area contributed by atoms with Gasteiger partial charge in [0.2, 0.25) is 0 Å². The fourth-order valence-corrected chi connectivity index (χ4v) is 2.92. The summed E-state index contributed by atoms with van der Waals surface area (Å²) in [5.74, 6) is 1.14. The fourth-order valence-electron chi connectivity index (χ4n) is 1.77. The summed E-state index contributed by atoms with van der Waals surface area (Å²) >= 11 is 7.55. The van der Waals surface area contributed by atoms with Crippen molar-refractivity contribution in [2.75, 3.05) is 12.4 Å². The molecule has 1 unspecified atom stereocenters. The van der Waals surface area contributed by atoms with Crippen LogP contribution in [0.4, 0.5) is 0 Å². The molecular formula is C17H17ClO3S. The van der Waals surface area contributed by atoms with Crippen LogP contribution in [0.5, 0.6) is 5.75 Å². The summed E-state index contributed by atoms with van der Waals surface area (Å²) < 4.78 is 5.51. The van der Waals surface area contributed by atoms with Crippen LogP contribution in [0, 0.1) is 0 Å². The minimum Gasteiger partial charge on any atom is -0.491 e. The van der Waals surface area contributed by atoms with Crippen molar-refractivity contribution in [2.45, 2.75) is 17.9 Å². The van der Waals surface area contributed by atoms with Crippen LogP contribution < -0.4 is 4.74 Å². The number of benzene rings is 2. The molecule has 0 spiro atoms. The summed E-state index contributed by atoms with van der Waals surface area (Å²) in [7, 11) is 0. The number of ether oxygens (including phenoxy) is 1. The molecule has 1 atom stereocenters. The number of aliphatic hydroxyl groups excluding tert-OH is 1. The third kappa shape index (κ3) is 5.05. The van der Waals surface area contributed by atoms with Crippen molar-refractivity contribution in [3.63, 3.8) is 0 Å². The van der Waals surface area contributed by atoms with Gasteiger partial charge in [-0.2, -0.15) is 0 Å². The van der Waals surface area contributed by atoms with Crippen molar-refractivity contribution in [1.29, 1.82) is 0 Å². The zero-order chi connectivity index (χ0) is 15.9. The average molecular weight is 337 g/mol. The van der Waals surface area contributed by atoms with Crippen molar-refractivity contribution < 1.29 is 14.6 Å². The lowest BCUT2D eigenvalue weighted by Crippen LogP contribution is -2.20. The minimum absolute atomic E-state index is 0.0164. The highest BCUT2D eigenvalue weighted by atomic mass is 35.5. The van der Waals surface area contributed by atoms with E-state index in [0.717, 1.165) is 4.90 Å². The maximum absolute atomic E-state index is 11.2. The molecule has 0 radical (unpaired) electrons. The predicted octanol–water partition coefficient (Wildman–Crippen LogP) is 4.07. The number of ketones is 1. The van der Waals surface area contributed by atoms with E-state index in [0.29, 0.717) is 22.1 Å². The number of halogens is 1. The number of rotatable bonds is 7. The second-order valence-electron chi connectivity index (χ2n) is 4.79. The minimum atomic E-state index is -0.603. The molecule has 0 saturated heterocycles. The smallest absolute Gasteiger partial charge is 0.159 e. The summed E-state index contributed by atoms with van der Waals surface area (Å²) in [6, 6.07) is 14.4. The van der Waals surface area contributed by atoms with Crippen LogP contribution in [0.15, 0.2) is 53.4 Å². The zero-order valence-electron chi connectivity index (χ0n) is 12.2. The van der Waals surface area contributed by atoms with Crippen LogP contribution >= 0.6 is 23.4 Å². The first-order valence-electron chi connectivity index (χ1n) is 6.85. The van der Waals surface area contributed by atoms with E-state index in [9.17, 15) is 9.90 Å². The third-order valence-electron chi connectivity index (χ3n) is 2.97. The largest absolute Gasteiger partial charge is 0.491 e. The quantitative estimate of drug-likeness (QED) is 0.611. The van der Waals surface area contributed by atoms with E-state index >= 15 is 0 Å². The molecule has 5 heteroatoms. The first kappa shape index (κ1) is 16.9. The van der Waals surface area contributed by atoms with Crippen LogP contribution in [-0.4, -0.2) is 29.4 Å². The molecule has 0 saturated carbocycles. The maximum Gasteiger partial charge on any atom is 0.159 e. The summed E-state index contributed by atoms with van der Waals surface area (Å²) in [5.41, 5.74) is 0.641. The van der Waals surface area contributed by atoms with Gasteiger partial charge in [0.15, 0.2) is 5.78 Å². The molecule has 0 fully saturated rings. The first-order chi connectivity index (χ1) is 10.6. The number of thioether (sulfide) groups is 1. The molecule has 0 amide bonds. The van der Waals surface area contributed by atoms with Crippen molar-refractivity contribution in [1.82, 2.24) is 0 Å². The molecule has 0 heterocycles. The van der Waals surface area contributed by atoms with Gasteiger partial charge < -0.3 is 9.84 Å². The van der Waals surface area contributed by atoms with Gasteiger partial charge in [-0.3, -0.25) is 4.79 Å². The highest BCUT2D eigenvalue weighted by molar-refractivity contribution is 7.99. The molecule has 0 bridgehead atoms. The molecule has 2 aromatic rings. The normalized spacial score (nSPS) is 12.0. The van der Waals surface area contributed by atoms with Gasteiger partial charge in [-0.25, -0.2) is 0 Å². The first-order valence-corrected chi connectivity index (χ1v) is 8.22. The standard InChI is InChI=1S/C17H17ClO3S/c1-12(19)13-6-8-15(9-7-13)21-10-14(20)11-22-17-5-3-2-4-16(17)18/h2-9,14,20H,10-11H2,1H3. The highest BCUT2D eigenvalue weighted by Crippen LogP contribution is 2.27. The number of hydrogen-bond acceptors (Lipinski definition) is 4. The number of hydrogen-bond donors (Lipinski definition) is 1. The zero-order valence-corrected chi connectivity index (χ0v) is 13.7. The SMILES string of the molecule is CC(=O)c1ccc(OCC(O)CSc2ccccc2Cl)cc1. The monoisotopic (exact) mass is 336 g/mol. The molecule has 1 N–H and O–H groups in total. The van der Waals surface area contributed by atoms with Crippen molar-refractivity contribution in [2.24, 2.45) is 0 Å². The molecule has 2 aromatic carbocycles. The van der Waals surface area contributed by atoms with E-state index in [2.05, 4.69) is 0 Å². The van der Waals surface area contributed by atoms with Crippen LogP contribution in [0.1, 0.15) is 17.3 Å². The Morgan fingerprint density at radius 2 is 1.91 bits per heavy atom. The summed E-state index contributed by atoms with van der Waals surface area (Å²) in [6.45, 7) is 1.71. The van der Waals surface area contributed by atoms with Gasteiger partial charge in [-0.15, -0.1) is 11.8 Å². The second-order valence-corrected chi connectivity index (χ2v) is 6.26. The Morgan fingerprint density at radius 3 is 2.55 bits per heavy atom. The third-order valence-corrected chi connectivity index (χ3v) is 4.63. The van der Waals surface area contributed by atoms with Crippen LogP contribution in [0.3, 0.4) is 0 Å². The Hall–Kier alpha value is -1.49. The topological polar surface area (TPSA) is 46.5 Å². The molecule has 3 nitrogen and oxygen atoms in total. The molecule has 0 aromatic heterocycles. The van der Waals surface area contributed by atoms with Gasteiger partial charge in [-0.1, -0.05) is 23.7 Å². The van der Waals surface area contributed by atoms with E-state index in [1.165, 1.54) is 18.7 Å². The number of Topliss-reactive ketones (excluding diaryl/α,β-unsaturated/α-hetero) is 1. The van der Waals surface area contributed by atoms with E-state index in [-0.39, 0.29) is 12.4 Å². The highest BCUT2D eigenvalue weighted by Gasteiger charge is 2.08. The average Bonchev–Trinajstić information content (AvgIpc) is 2.52. The number of aliphatic hydroxyl groups is 1. The van der Waals surface area contributed by atoms with Crippen molar-refractivity contribution in [3.05, 3.63) is 59.1 Å². The van der Waals surface area contributed by atoms with Gasteiger partial charge in [0.1, 0.15) is 12.4 Å². The van der Waals surface area contributed by atoms with Gasteiger partial charge in [0.25, 0.3) is 0 Å². The molecule has 0 aliphatic rings. The van der Waals surface area contributed by atoms with Gasteiger partial charge in [0, 0.05) is 16.2 Å². The molecular weight excluding hydrogens is 320 g/mol. The summed E-state index contributed by atoms with van der Waals surface area (Å²) in [5, 5.41) is 10.6. The van der Waals surface area contributed by atoms with Gasteiger partial charge in [-0.05, 0) is 43.3 Å². The Labute approximate surface area is 139 Å². The number of carbonyl (C=O) groups excluding carboxylic acids is 1. The predicted molar refractivity (Wildman–Crippen MR) is 90.1 cm³/mol. The summed E-state index contributed by atoms with van der Waals surface area (Å²) in [6.07, 6.45) is -0.603. The van der Waals surface area contributed by atoms with E-state index in [1.54, 1.807) is 24.3 Å². The molecule has 22 heavy (non-hydrogen) atoms. The molecule has 2 rings (SSSR count). The Balaban J connectivity index is 1.79. The fraction of sp³-hybridized carbons (Fsp3) is 0.235. The Morgan fingerprint density at radius 1 is 1.23 bits per heavy atom. The van der Waals surface area contributed by atoms with E-state index in [4.69, 9.17) is 16.3 Å². The second kappa shape index (κ2) is 8.22. The Bertz CT molecular complexity index is 628. The van der Waals surface area contributed by atoms with Crippen LogP contribution in [0.2, 0.25) is 5.02 Å². The van der Waals surface area contributed by atoms with E-state index < -0.39 is 6.10 Å². The van der Waals surface area contributed by atoms with Gasteiger partial charge in [0.05, 0.1) is 11.1 Å². The van der Waals surface area contributed by atoms with Crippen LogP contribution in [0.25, 0.3) is 0 Å². The Kier molecular flexibility index (Phi) is 6.31. The van der Waals surface area contributed by atoms with Crippen molar-refractivity contribution in [3.8, 4) is 5.75 Å². The van der Waals surface area contributed by atoms with Crippen LogP contribution in [-0.2, 0) is 0 Å². The summed E-state index contributed by atoms with van der Waals surface area (Å²) in [4.78, 5) is 12.1.